The van der Waals surface area contributed by atoms with Gasteiger partial charge in [0.1, 0.15) is 11.8 Å². The molecule has 1 amide bonds. The number of piperidine rings is 1. The standard InChI is InChI=1S/C17H20N2O2/c1-14-3-2-11-19(13-14)17(20)9-6-15-4-7-16(8-5-15)21-12-10-18/h4-9,14H,2-3,11-13H2,1H3/b9-6+. The van der Waals surface area contributed by atoms with E-state index in [2.05, 4.69) is 6.92 Å². The topological polar surface area (TPSA) is 53.3 Å². The third-order valence-corrected chi connectivity index (χ3v) is 3.57. The SMILES string of the molecule is CC1CCCN(C(=O)/C=C/c2ccc(OCC#N)cc2)C1. The van der Waals surface area contributed by atoms with Gasteiger partial charge in [0, 0.05) is 19.2 Å². The molecule has 110 valence electrons. The molecule has 1 heterocycles. The fraction of sp³-hybridized carbons (Fsp3) is 0.412. The van der Waals surface area contributed by atoms with Gasteiger partial charge in [-0.2, -0.15) is 5.26 Å². The summed E-state index contributed by atoms with van der Waals surface area (Å²) in [4.78, 5) is 14.0. The van der Waals surface area contributed by atoms with E-state index in [0.29, 0.717) is 11.7 Å². The summed E-state index contributed by atoms with van der Waals surface area (Å²) in [6.07, 6.45) is 5.74. The molecule has 1 aromatic carbocycles. The molecule has 1 atom stereocenters. The first kappa shape index (κ1) is 15.1. The molecule has 1 saturated heterocycles. The van der Waals surface area contributed by atoms with E-state index >= 15 is 0 Å². The smallest absolute Gasteiger partial charge is 0.246 e. The maximum atomic E-state index is 12.1. The number of rotatable bonds is 4. The minimum absolute atomic E-state index is 0.0425. The normalized spacial score (nSPS) is 18.5. The van der Waals surface area contributed by atoms with Crippen LogP contribution in [0.15, 0.2) is 30.3 Å². The highest BCUT2D eigenvalue weighted by Crippen LogP contribution is 2.16. The van der Waals surface area contributed by atoms with Gasteiger partial charge in [-0.05, 0) is 42.5 Å². The number of amides is 1. The van der Waals surface area contributed by atoms with Crippen LogP contribution >= 0.6 is 0 Å². The van der Waals surface area contributed by atoms with E-state index in [0.717, 1.165) is 25.1 Å². The highest BCUT2D eigenvalue weighted by Gasteiger charge is 2.18. The van der Waals surface area contributed by atoms with E-state index in [1.165, 1.54) is 6.42 Å². The van der Waals surface area contributed by atoms with E-state index in [9.17, 15) is 4.79 Å². The molecule has 2 rings (SSSR count). The molecule has 21 heavy (non-hydrogen) atoms. The Morgan fingerprint density at radius 1 is 1.48 bits per heavy atom. The zero-order valence-corrected chi connectivity index (χ0v) is 12.3. The second kappa shape index (κ2) is 7.49. The molecule has 1 aromatic rings. The van der Waals surface area contributed by atoms with Crippen molar-refractivity contribution in [3.8, 4) is 11.8 Å². The molecule has 0 N–H and O–H groups in total. The van der Waals surface area contributed by atoms with Gasteiger partial charge < -0.3 is 9.64 Å². The molecule has 0 aromatic heterocycles. The molecule has 1 unspecified atom stereocenters. The third-order valence-electron chi connectivity index (χ3n) is 3.57. The van der Waals surface area contributed by atoms with Crippen LogP contribution in [-0.2, 0) is 4.79 Å². The van der Waals surface area contributed by atoms with Crippen molar-refractivity contribution in [1.82, 2.24) is 4.90 Å². The fourth-order valence-corrected chi connectivity index (χ4v) is 2.45. The maximum Gasteiger partial charge on any atom is 0.246 e. The lowest BCUT2D eigenvalue weighted by molar-refractivity contribution is -0.127. The van der Waals surface area contributed by atoms with Crippen molar-refractivity contribution in [3.05, 3.63) is 35.9 Å². The highest BCUT2D eigenvalue weighted by molar-refractivity contribution is 5.91. The van der Waals surface area contributed by atoms with Crippen molar-refractivity contribution in [1.29, 1.82) is 5.26 Å². The summed E-state index contributed by atoms with van der Waals surface area (Å²) in [7, 11) is 0. The minimum Gasteiger partial charge on any atom is -0.479 e. The van der Waals surface area contributed by atoms with Crippen molar-refractivity contribution in [2.24, 2.45) is 5.92 Å². The summed E-state index contributed by atoms with van der Waals surface area (Å²) in [5, 5.41) is 8.44. The molecule has 0 saturated carbocycles. The van der Waals surface area contributed by atoms with Crippen LogP contribution in [0.25, 0.3) is 6.08 Å². The number of likely N-dealkylation sites (tertiary alicyclic amines) is 1. The van der Waals surface area contributed by atoms with Gasteiger partial charge in [0.05, 0.1) is 0 Å². The molecular weight excluding hydrogens is 264 g/mol. The lowest BCUT2D eigenvalue weighted by Crippen LogP contribution is -2.38. The van der Waals surface area contributed by atoms with Crippen LogP contribution < -0.4 is 4.74 Å². The van der Waals surface area contributed by atoms with E-state index in [1.54, 1.807) is 18.2 Å². The zero-order chi connectivity index (χ0) is 15.1. The fourth-order valence-electron chi connectivity index (χ4n) is 2.45. The second-order valence-electron chi connectivity index (χ2n) is 5.38. The number of hydrogen-bond acceptors (Lipinski definition) is 3. The quantitative estimate of drug-likeness (QED) is 0.799. The van der Waals surface area contributed by atoms with Crippen LogP contribution in [0.2, 0.25) is 0 Å². The summed E-state index contributed by atoms with van der Waals surface area (Å²) in [5.41, 5.74) is 0.942. The van der Waals surface area contributed by atoms with Crippen molar-refractivity contribution in [3.63, 3.8) is 0 Å². The first-order valence-electron chi connectivity index (χ1n) is 7.26. The molecule has 1 aliphatic rings. The number of carbonyl (C=O) groups is 1. The Hall–Kier alpha value is -2.28. The predicted molar refractivity (Wildman–Crippen MR) is 81.6 cm³/mol. The molecule has 4 nitrogen and oxygen atoms in total. The lowest BCUT2D eigenvalue weighted by Gasteiger charge is -2.30. The van der Waals surface area contributed by atoms with Crippen molar-refractivity contribution in [2.75, 3.05) is 19.7 Å². The number of hydrogen-bond donors (Lipinski definition) is 0. The van der Waals surface area contributed by atoms with Crippen LogP contribution in [0.1, 0.15) is 25.3 Å². The van der Waals surface area contributed by atoms with Crippen molar-refractivity contribution < 1.29 is 9.53 Å². The molecular formula is C17H20N2O2. The summed E-state index contributed by atoms with van der Waals surface area (Å²) in [5.74, 6) is 1.32. The van der Waals surface area contributed by atoms with Crippen LogP contribution in [0.3, 0.4) is 0 Å². The second-order valence-corrected chi connectivity index (χ2v) is 5.38. The summed E-state index contributed by atoms with van der Waals surface area (Å²) in [6, 6.07) is 9.26. The van der Waals surface area contributed by atoms with E-state index in [-0.39, 0.29) is 12.5 Å². The Labute approximate surface area is 125 Å². The summed E-state index contributed by atoms with van der Waals surface area (Å²) >= 11 is 0. The molecule has 1 aliphatic heterocycles. The summed E-state index contributed by atoms with van der Waals surface area (Å²) in [6.45, 7) is 3.93. The van der Waals surface area contributed by atoms with Gasteiger partial charge in [-0.3, -0.25) is 4.79 Å². The Morgan fingerprint density at radius 2 is 2.24 bits per heavy atom. The minimum atomic E-state index is 0.0425. The number of benzene rings is 1. The molecule has 0 bridgehead atoms. The number of carbonyl (C=O) groups excluding carboxylic acids is 1. The van der Waals surface area contributed by atoms with Gasteiger partial charge in [0.25, 0.3) is 0 Å². The van der Waals surface area contributed by atoms with Crippen LogP contribution in [0.4, 0.5) is 0 Å². The Bertz CT molecular complexity index is 543. The van der Waals surface area contributed by atoms with Gasteiger partial charge in [-0.15, -0.1) is 0 Å². The van der Waals surface area contributed by atoms with E-state index in [4.69, 9.17) is 10.00 Å². The van der Waals surface area contributed by atoms with Gasteiger partial charge in [-0.1, -0.05) is 19.1 Å². The van der Waals surface area contributed by atoms with Gasteiger partial charge in [-0.25, -0.2) is 0 Å². The van der Waals surface area contributed by atoms with Crippen molar-refractivity contribution >= 4 is 12.0 Å². The number of ether oxygens (including phenoxy) is 1. The summed E-state index contributed by atoms with van der Waals surface area (Å²) < 4.78 is 5.18. The zero-order valence-electron chi connectivity index (χ0n) is 12.3. The van der Waals surface area contributed by atoms with Crippen LogP contribution in [-0.4, -0.2) is 30.5 Å². The molecule has 1 fully saturated rings. The number of nitriles is 1. The molecule has 0 aliphatic carbocycles. The van der Waals surface area contributed by atoms with Gasteiger partial charge in [0.2, 0.25) is 5.91 Å². The largest absolute Gasteiger partial charge is 0.479 e. The average Bonchev–Trinajstić information content (AvgIpc) is 2.51. The highest BCUT2D eigenvalue weighted by atomic mass is 16.5. The third kappa shape index (κ3) is 4.64. The first-order valence-corrected chi connectivity index (χ1v) is 7.26. The first-order chi connectivity index (χ1) is 10.2. The average molecular weight is 284 g/mol. The molecule has 0 radical (unpaired) electrons. The van der Waals surface area contributed by atoms with E-state index < -0.39 is 0 Å². The monoisotopic (exact) mass is 284 g/mol. The Kier molecular flexibility index (Phi) is 5.39. The number of nitrogens with zero attached hydrogens (tertiary/aromatic N) is 2. The van der Waals surface area contributed by atoms with Gasteiger partial charge >= 0.3 is 0 Å². The van der Waals surface area contributed by atoms with Crippen molar-refractivity contribution in [2.45, 2.75) is 19.8 Å². The van der Waals surface area contributed by atoms with Crippen LogP contribution in [0, 0.1) is 17.2 Å². The molecule has 4 heteroatoms. The van der Waals surface area contributed by atoms with E-state index in [1.807, 2.05) is 29.2 Å². The molecule has 0 spiro atoms. The van der Waals surface area contributed by atoms with Crippen LogP contribution in [0.5, 0.6) is 5.75 Å². The Morgan fingerprint density at radius 3 is 2.90 bits per heavy atom. The maximum absolute atomic E-state index is 12.1. The Balaban J connectivity index is 1.91. The van der Waals surface area contributed by atoms with Gasteiger partial charge in [0.15, 0.2) is 6.61 Å². The lowest BCUT2D eigenvalue weighted by atomic mass is 10.0. The predicted octanol–water partition coefficient (Wildman–Crippen LogP) is 2.86.